The number of carbonyl (C=O) groups is 1. The SMILES string of the molecule is O=C1COc2ccc(Cc3cc([C@@H]4O[C@H](CO)[C@@H](O)C(O)C4O)ccc3Cl)cc2N1. The molecule has 2 aliphatic heterocycles. The number of benzene rings is 2. The fourth-order valence-electron chi connectivity index (χ4n) is 3.74. The Balaban J connectivity index is 1.60. The van der Waals surface area contributed by atoms with Gasteiger partial charge in [-0.2, -0.15) is 0 Å². The van der Waals surface area contributed by atoms with Gasteiger partial charge in [0.2, 0.25) is 0 Å². The van der Waals surface area contributed by atoms with E-state index in [1.165, 1.54) is 0 Å². The monoisotopic (exact) mass is 435 g/mol. The van der Waals surface area contributed by atoms with E-state index in [1.807, 2.05) is 12.1 Å². The highest BCUT2D eigenvalue weighted by Crippen LogP contribution is 2.35. The Morgan fingerprint density at radius 3 is 2.63 bits per heavy atom. The van der Waals surface area contributed by atoms with Gasteiger partial charge >= 0.3 is 0 Å². The molecule has 9 heteroatoms. The summed E-state index contributed by atoms with van der Waals surface area (Å²) < 4.78 is 11.0. The van der Waals surface area contributed by atoms with Gasteiger partial charge < -0.3 is 35.2 Å². The van der Waals surface area contributed by atoms with Gasteiger partial charge in [-0.25, -0.2) is 0 Å². The molecule has 0 aliphatic carbocycles. The number of amides is 1. The minimum absolute atomic E-state index is 0.0146. The molecule has 0 bridgehead atoms. The number of halogens is 1. The maximum absolute atomic E-state index is 11.6. The van der Waals surface area contributed by atoms with Crippen LogP contribution in [0.4, 0.5) is 5.69 Å². The van der Waals surface area contributed by atoms with Gasteiger partial charge in [0.05, 0.1) is 12.3 Å². The van der Waals surface area contributed by atoms with E-state index < -0.39 is 37.1 Å². The van der Waals surface area contributed by atoms with Gasteiger partial charge in [0, 0.05) is 5.02 Å². The molecule has 5 N–H and O–H groups in total. The topological polar surface area (TPSA) is 128 Å². The van der Waals surface area contributed by atoms with Crippen LogP contribution in [-0.2, 0) is 16.0 Å². The highest BCUT2D eigenvalue weighted by Gasteiger charge is 2.44. The zero-order valence-corrected chi connectivity index (χ0v) is 16.6. The molecule has 2 aromatic rings. The number of hydrogen-bond donors (Lipinski definition) is 5. The molecular weight excluding hydrogens is 414 g/mol. The number of carbonyl (C=O) groups excluding carboxylic acids is 1. The molecule has 30 heavy (non-hydrogen) atoms. The number of nitrogens with one attached hydrogen (secondary N) is 1. The van der Waals surface area contributed by atoms with Crippen LogP contribution in [0.15, 0.2) is 36.4 Å². The average molecular weight is 436 g/mol. The molecule has 2 aromatic carbocycles. The van der Waals surface area contributed by atoms with E-state index in [-0.39, 0.29) is 12.5 Å². The third-order valence-corrected chi connectivity index (χ3v) is 5.73. The van der Waals surface area contributed by atoms with Crippen LogP contribution in [-0.4, -0.2) is 64.0 Å². The van der Waals surface area contributed by atoms with Crippen molar-refractivity contribution in [2.24, 2.45) is 0 Å². The van der Waals surface area contributed by atoms with Crippen LogP contribution >= 0.6 is 11.6 Å². The maximum atomic E-state index is 11.6. The van der Waals surface area contributed by atoms with Gasteiger partial charge in [-0.1, -0.05) is 29.8 Å². The van der Waals surface area contributed by atoms with Crippen molar-refractivity contribution < 1.29 is 34.7 Å². The summed E-state index contributed by atoms with van der Waals surface area (Å²) in [4.78, 5) is 11.6. The lowest BCUT2D eigenvalue weighted by atomic mass is 9.90. The number of anilines is 1. The second-order valence-electron chi connectivity index (χ2n) is 7.44. The Morgan fingerprint density at radius 2 is 1.87 bits per heavy atom. The molecule has 8 nitrogen and oxygen atoms in total. The third kappa shape index (κ3) is 4.02. The number of aliphatic hydroxyl groups excluding tert-OH is 4. The van der Waals surface area contributed by atoms with Crippen molar-refractivity contribution in [3.8, 4) is 5.75 Å². The van der Waals surface area contributed by atoms with Crippen molar-refractivity contribution in [2.45, 2.75) is 36.9 Å². The molecule has 160 valence electrons. The maximum Gasteiger partial charge on any atom is 0.262 e. The first-order chi connectivity index (χ1) is 14.4. The fourth-order valence-corrected chi connectivity index (χ4v) is 3.93. The van der Waals surface area contributed by atoms with Crippen LogP contribution in [0.3, 0.4) is 0 Å². The first kappa shape index (κ1) is 21.0. The summed E-state index contributed by atoms with van der Waals surface area (Å²) in [6.45, 7) is -0.510. The third-order valence-electron chi connectivity index (χ3n) is 5.36. The van der Waals surface area contributed by atoms with Crippen LogP contribution in [0.5, 0.6) is 5.75 Å². The van der Waals surface area contributed by atoms with Gasteiger partial charge in [-0.05, 0) is 41.3 Å². The number of aliphatic hydroxyl groups is 4. The van der Waals surface area contributed by atoms with Gasteiger partial charge in [-0.3, -0.25) is 4.79 Å². The van der Waals surface area contributed by atoms with Crippen LogP contribution in [0.2, 0.25) is 5.02 Å². The van der Waals surface area contributed by atoms with Gasteiger partial charge in [0.15, 0.2) is 6.61 Å². The summed E-state index contributed by atoms with van der Waals surface area (Å²) in [5.74, 6) is 0.377. The minimum Gasteiger partial charge on any atom is -0.482 e. The highest BCUT2D eigenvalue weighted by atomic mass is 35.5. The van der Waals surface area contributed by atoms with Crippen molar-refractivity contribution in [2.75, 3.05) is 18.5 Å². The first-order valence-electron chi connectivity index (χ1n) is 9.52. The van der Waals surface area contributed by atoms with Crippen LogP contribution in [0, 0.1) is 0 Å². The molecule has 0 radical (unpaired) electrons. The van der Waals surface area contributed by atoms with Gasteiger partial charge in [0.1, 0.15) is 36.3 Å². The van der Waals surface area contributed by atoms with Crippen molar-refractivity contribution in [3.05, 3.63) is 58.1 Å². The number of hydrogen-bond acceptors (Lipinski definition) is 7. The van der Waals surface area contributed by atoms with E-state index in [0.717, 1.165) is 11.1 Å². The van der Waals surface area contributed by atoms with E-state index >= 15 is 0 Å². The molecular formula is C21H22ClNO7. The molecule has 1 saturated heterocycles. The summed E-state index contributed by atoms with van der Waals surface area (Å²) in [5, 5.41) is 43.1. The van der Waals surface area contributed by atoms with Crippen molar-refractivity contribution >= 4 is 23.2 Å². The quantitative estimate of drug-likeness (QED) is 0.480. The van der Waals surface area contributed by atoms with E-state index in [1.54, 1.807) is 24.3 Å². The predicted molar refractivity (Wildman–Crippen MR) is 108 cm³/mol. The Hall–Kier alpha value is -2.20. The molecule has 1 amide bonds. The van der Waals surface area contributed by atoms with Crippen LogP contribution in [0.25, 0.3) is 0 Å². The Morgan fingerprint density at radius 1 is 1.07 bits per heavy atom. The summed E-state index contributed by atoms with van der Waals surface area (Å²) in [5.41, 5.74) is 2.77. The normalized spacial score (nSPS) is 28.4. The Bertz CT molecular complexity index is 951. The fraction of sp³-hybridized carbons (Fsp3) is 0.381. The lowest BCUT2D eigenvalue weighted by molar-refractivity contribution is -0.231. The number of ether oxygens (including phenoxy) is 2. The van der Waals surface area contributed by atoms with Crippen molar-refractivity contribution in [3.63, 3.8) is 0 Å². The zero-order chi connectivity index (χ0) is 21.4. The van der Waals surface area contributed by atoms with Crippen molar-refractivity contribution in [1.29, 1.82) is 0 Å². The van der Waals surface area contributed by atoms with Gasteiger partial charge in [0.25, 0.3) is 5.91 Å². The number of rotatable bonds is 4. The Kier molecular flexibility index (Phi) is 5.97. The molecule has 5 atom stereocenters. The minimum atomic E-state index is -1.45. The standard InChI is InChI=1S/C21H22ClNO7/c22-13-3-2-11(21-20(28)19(27)18(26)16(8-24)30-21)7-12(13)5-10-1-4-15-14(6-10)23-17(25)9-29-15/h1-4,6-7,16,18-21,24,26-28H,5,8-9H2,(H,23,25)/t16-,18-,19?,20?,21+/m1/s1. The molecule has 0 saturated carbocycles. The summed E-state index contributed by atoms with van der Waals surface area (Å²) in [6.07, 6.45) is -5.73. The molecule has 1 fully saturated rings. The smallest absolute Gasteiger partial charge is 0.262 e. The summed E-state index contributed by atoms with van der Waals surface area (Å²) >= 11 is 6.37. The average Bonchev–Trinajstić information content (AvgIpc) is 2.74. The summed E-state index contributed by atoms with van der Waals surface area (Å²) in [7, 11) is 0. The number of fused-ring (bicyclic) bond motifs is 1. The molecule has 0 aromatic heterocycles. The second-order valence-corrected chi connectivity index (χ2v) is 7.85. The van der Waals surface area contributed by atoms with E-state index in [4.69, 9.17) is 21.1 Å². The molecule has 2 aliphatic rings. The molecule has 2 unspecified atom stereocenters. The lowest BCUT2D eigenvalue weighted by Gasteiger charge is -2.40. The van der Waals surface area contributed by atoms with Crippen LogP contribution in [0.1, 0.15) is 22.8 Å². The van der Waals surface area contributed by atoms with Crippen LogP contribution < -0.4 is 10.1 Å². The first-order valence-corrected chi connectivity index (χ1v) is 9.89. The van der Waals surface area contributed by atoms with E-state index in [9.17, 15) is 25.2 Å². The van der Waals surface area contributed by atoms with Crippen molar-refractivity contribution in [1.82, 2.24) is 0 Å². The predicted octanol–water partition coefficient (Wildman–Crippen LogP) is 0.777. The lowest BCUT2D eigenvalue weighted by Crippen LogP contribution is -2.55. The second kappa shape index (κ2) is 8.50. The molecule has 0 spiro atoms. The summed E-state index contributed by atoms with van der Waals surface area (Å²) in [6, 6.07) is 10.5. The van der Waals surface area contributed by atoms with E-state index in [0.29, 0.717) is 28.4 Å². The van der Waals surface area contributed by atoms with Gasteiger partial charge in [-0.15, -0.1) is 0 Å². The largest absolute Gasteiger partial charge is 0.482 e. The Labute approximate surface area is 177 Å². The highest BCUT2D eigenvalue weighted by molar-refractivity contribution is 6.31. The zero-order valence-electron chi connectivity index (χ0n) is 15.9. The molecule has 2 heterocycles. The van der Waals surface area contributed by atoms with E-state index in [2.05, 4.69) is 5.32 Å². The molecule has 4 rings (SSSR count).